The van der Waals surface area contributed by atoms with Gasteiger partial charge in [0.25, 0.3) is 0 Å². The molecule has 1 saturated carbocycles. The molecule has 0 spiro atoms. The van der Waals surface area contributed by atoms with E-state index in [4.69, 9.17) is 9.47 Å². The molecular formula is C16H25N3O3. The van der Waals surface area contributed by atoms with Crippen LogP contribution >= 0.6 is 0 Å². The van der Waals surface area contributed by atoms with Crippen molar-refractivity contribution in [2.75, 3.05) is 27.3 Å². The summed E-state index contributed by atoms with van der Waals surface area (Å²) in [5.74, 6) is -0.107. The van der Waals surface area contributed by atoms with Gasteiger partial charge in [-0.05, 0) is 32.7 Å². The Morgan fingerprint density at radius 3 is 2.68 bits per heavy atom. The first-order valence-corrected chi connectivity index (χ1v) is 7.85. The highest BCUT2D eigenvalue weighted by Crippen LogP contribution is 2.49. The van der Waals surface area contributed by atoms with E-state index in [0.29, 0.717) is 6.61 Å². The van der Waals surface area contributed by atoms with Gasteiger partial charge in [0.2, 0.25) is 0 Å². The molecule has 122 valence electrons. The van der Waals surface area contributed by atoms with Crippen molar-refractivity contribution in [1.82, 2.24) is 14.7 Å². The van der Waals surface area contributed by atoms with E-state index in [9.17, 15) is 4.79 Å². The van der Waals surface area contributed by atoms with Gasteiger partial charge in [0.1, 0.15) is 0 Å². The summed E-state index contributed by atoms with van der Waals surface area (Å²) in [4.78, 5) is 14.3. The van der Waals surface area contributed by atoms with Crippen molar-refractivity contribution in [3.8, 4) is 0 Å². The molecule has 0 unspecified atom stereocenters. The minimum absolute atomic E-state index is 0.104. The molecule has 4 rings (SSSR count). The fourth-order valence-corrected chi connectivity index (χ4v) is 3.86. The Morgan fingerprint density at radius 1 is 1.45 bits per heavy atom. The molecular weight excluding hydrogens is 282 g/mol. The summed E-state index contributed by atoms with van der Waals surface area (Å²) in [6.07, 6.45) is 7.55. The Kier molecular flexibility index (Phi) is 3.99. The number of fused-ring (bicyclic) bond motifs is 3. The fourth-order valence-electron chi connectivity index (χ4n) is 3.86. The van der Waals surface area contributed by atoms with Crippen LogP contribution in [0, 0.1) is 5.41 Å². The average molecular weight is 307 g/mol. The maximum Gasteiger partial charge on any atom is 0.314 e. The largest absolute Gasteiger partial charge is 0.469 e. The zero-order chi connectivity index (χ0) is 15.8. The summed E-state index contributed by atoms with van der Waals surface area (Å²) in [6, 6.07) is 0. The second kappa shape index (κ2) is 5.66. The van der Waals surface area contributed by atoms with Crippen molar-refractivity contribution in [1.29, 1.82) is 0 Å². The number of hydrogen-bond donors (Lipinski definition) is 0. The smallest absolute Gasteiger partial charge is 0.314 e. The van der Waals surface area contributed by atoms with E-state index in [1.165, 1.54) is 12.7 Å². The molecule has 1 aromatic heterocycles. The number of methoxy groups -OCH3 is 1. The molecule has 0 radical (unpaired) electrons. The van der Waals surface area contributed by atoms with Gasteiger partial charge in [0.15, 0.2) is 0 Å². The summed E-state index contributed by atoms with van der Waals surface area (Å²) in [5.41, 5.74) is 0.711. The zero-order valence-corrected chi connectivity index (χ0v) is 13.7. The van der Waals surface area contributed by atoms with E-state index < -0.39 is 5.41 Å². The molecule has 3 fully saturated rings. The Hall–Kier alpha value is -1.40. The third-order valence-electron chi connectivity index (χ3n) is 5.16. The average Bonchev–Trinajstić information content (AvgIpc) is 2.92. The lowest BCUT2D eigenvalue weighted by molar-refractivity contribution is -0.207. The molecule has 1 aliphatic carbocycles. The van der Waals surface area contributed by atoms with Crippen molar-refractivity contribution < 1.29 is 14.3 Å². The number of hydrogen-bond acceptors (Lipinski definition) is 5. The van der Waals surface area contributed by atoms with Gasteiger partial charge in [-0.2, -0.15) is 5.10 Å². The Morgan fingerprint density at radius 2 is 2.18 bits per heavy atom. The lowest BCUT2D eigenvalue weighted by Gasteiger charge is -2.52. The topological polar surface area (TPSA) is 56.6 Å². The third-order valence-corrected chi connectivity index (χ3v) is 5.16. The summed E-state index contributed by atoms with van der Waals surface area (Å²) in [5, 5.41) is 4.21. The minimum atomic E-state index is -0.390. The molecule has 6 heteroatoms. The van der Waals surface area contributed by atoms with E-state index in [1.54, 1.807) is 0 Å². The molecule has 1 aromatic rings. The number of aromatic nitrogens is 2. The van der Waals surface area contributed by atoms with Crippen LogP contribution in [-0.2, 0) is 27.9 Å². The van der Waals surface area contributed by atoms with Gasteiger partial charge in [-0.25, -0.2) is 0 Å². The number of esters is 1. The highest BCUT2D eigenvalue weighted by atomic mass is 16.5. The van der Waals surface area contributed by atoms with E-state index in [0.717, 1.165) is 38.8 Å². The van der Waals surface area contributed by atoms with Crippen molar-refractivity contribution in [2.45, 2.75) is 37.8 Å². The van der Waals surface area contributed by atoms with Crippen LogP contribution in [0.3, 0.4) is 0 Å². The summed E-state index contributed by atoms with van der Waals surface area (Å²) in [6.45, 7) is 2.25. The number of nitrogens with zero attached hydrogens (tertiary/aromatic N) is 3. The van der Waals surface area contributed by atoms with Gasteiger partial charge in [0.05, 0.1) is 30.9 Å². The second-order valence-corrected chi connectivity index (χ2v) is 6.94. The number of carbonyl (C=O) groups excluding carboxylic acids is 1. The predicted octanol–water partition coefficient (Wildman–Crippen LogP) is 1.35. The van der Waals surface area contributed by atoms with Gasteiger partial charge in [-0.3, -0.25) is 14.4 Å². The molecule has 0 N–H and O–H groups in total. The Balaban J connectivity index is 1.59. The molecule has 3 aliphatic rings. The summed E-state index contributed by atoms with van der Waals surface area (Å²) in [7, 11) is 5.51. The molecule has 3 heterocycles. The monoisotopic (exact) mass is 307 g/mol. The number of ether oxygens (including phenoxy) is 2. The molecule has 2 saturated heterocycles. The zero-order valence-electron chi connectivity index (χ0n) is 13.7. The third kappa shape index (κ3) is 2.77. The van der Waals surface area contributed by atoms with Crippen LogP contribution in [0.2, 0.25) is 0 Å². The van der Waals surface area contributed by atoms with Gasteiger partial charge in [-0.15, -0.1) is 0 Å². The van der Waals surface area contributed by atoms with Gasteiger partial charge >= 0.3 is 5.97 Å². The Labute approximate surface area is 131 Å². The van der Waals surface area contributed by atoms with E-state index >= 15 is 0 Å². The van der Waals surface area contributed by atoms with Crippen LogP contribution in [-0.4, -0.2) is 53.6 Å². The van der Waals surface area contributed by atoms with E-state index in [1.807, 2.05) is 24.1 Å². The number of carbonyl (C=O) groups is 1. The maximum atomic E-state index is 12.0. The first kappa shape index (κ1) is 15.5. The molecule has 2 aliphatic heterocycles. The SMILES string of the molecule is COC(=O)C12CCC(CN(C)Cc3cnn(C)c3)(CC1)OC2. The highest BCUT2D eigenvalue weighted by molar-refractivity contribution is 5.77. The molecule has 0 amide bonds. The molecule has 2 bridgehead atoms. The predicted molar refractivity (Wildman–Crippen MR) is 81.1 cm³/mol. The van der Waals surface area contributed by atoms with Crippen molar-refractivity contribution in [2.24, 2.45) is 12.5 Å². The van der Waals surface area contributed by atoms with E-state index in [-0.39, 0.29) is 11.6 Å². The van der Waals surface area contributed by atoms with Gasteiger partial charge in [-0.1, -0.05) is 0 Å². The van der Waals surface area contributed by atoms with Crippen LogP contribution in [0.25, 0.3) is 0 Å². The Bertz CT molecular complexity index is 530. The molecule has 0 atom stereocenters. The molecule has 6 nitrogen and oxygen atoms in total. The van der Waals surface area contributed by atoms with Gasteiger partial charge < -0.3 is 9.47 Å². The van der Waals surface area contributed by atoms with Crippen LogP contribution < -0.4 is 0 Å². The lowest BCUT2D eigenvalue weighted by Crippen LogP contribution is -2.58. The maximum absolute atomic E-state index is 12.0. The van der Waals surface area contributed by atoms with Crippen LogP contribution in [0.5, 0.6) is 0 Å². The fraction of sp³-hybridized carbons (Fsp3) is 0.750. The van der Waals surface area contributed by atoms with Crippen molar-refractivity contribution in [3.63, 3.8) is 0 Å². The highest BCUT2D eigenvalue weighted by Gasteiger charge is 2.54. The number of rotatable bonds is 5. The van der Waals surface area contributed by atoms with Crippen molar-refractivity contribution >= 4 is 5.97 Å². The number of aryl methyl sites for hydroxylation is 1. The summed E-state index contributed by atoms with van der Waals surface area (Å²) < 4.78 is 12.9. The summed E-state index contributed by atoms with van der Waals surface area (Å²) >= 11 is 0. The van der Waals surface area contributed by atoms with Gasteiger partial charge in [0, 0.05) is 31.9 Å². The standard InChI is InChI=1S/C16H25N3O3/c1-18(9-13-8-17-19(2)10-13)11-16-6-4-15(5-7-16,12-22-16)14(20)21-3/h8,10H,4-7,9,11-12H2,1-3H3. The molecule has 22 heavy (non-hydrogen) atoms. The molecule has 0 aromatic carbocycles. The lowest BCUT2D eigenvalue weighted by atomic mass is 9.66. The first-order chi connectivity index (χ1) is 10.5. The quantitative estimate of drug-likeness (QED) is 0.769. The van der Waals surface area contributed by atoms with Crippen molar-refractivity contribution in [3.05, 3.63) is 18.0 Å². The minimum Gasteiger partial charge on any atom is -0.469 e. The van der Waals surface area contributed by atoms with E-state index in [2.05, 4.69) is 17.0 Å². The second-order valence-electron chi connectivity index (χ2n) is 6.94. The van der Waals surface area contributed by atoms with Crippen LogP contribution in [0.15, 0.2) is 12.4 Å². The van der Waals surface area contributed by atoms with Crippen LogP contribution in [0.4, 0.5) is 0 Å². The first-order valence-electron chi connectivity index (χ1n) is 7.85. The number of likely N-dealkylation sites (N-methyl/N-ethyl adjacent to an activating group) is 1. The normalized spacial score (nSPS) is 30.7. The van der Waals surface area contributed by atoms with Crippen LogP contribution in [0.1, 0.15) is 31.2 Å².